The van der Waals surface area contributed by atoms with Crippen molar-refractivity contribution < 1.29 is 9.90 Å². The van der Waals surface area contributed by atoms with E-state index < -0.39 is 5.97 Å². The first-order chi connectivity index (χ1) is 11.2. The van der Waals surface area contributed by atoms with Gasteiger partial charge in [-0.05, 0) is 61.5 Å². The number of carboxylic acid groups (broad SMARTS) is 1. The monoisotopic (exact) mass is 309 g/mol. The molecule has 0 aliphatic carbocycles. The summed E-state index contributed by atoms with van der Waals surface area (Å²) in [4.78, 5) is 13.5. The number of carbonyl (C=O) groups is 1. The van der Waals surface area contributed by atoms with Crippen molar-refractivity contribution in [1.29, 1.82) is 0 Å². The molecular formula is C20H23NO2. The quantitative estimate of drug-likeness (QED) is 0.922. The number of likely N-dealkylation sites (tertiary alicyclic amines) is 1. The van der Waals surface area contributed by atoms with Crippen LogP contribution in [0.1, 0.15) is 46.7 Å². The lowest BCUT2D eigenvalue weighted by Gasteiger charge is -2.20. The molecule has 3 nitrogen and oxygen atoms in total. The number of hydrogen-bond donors (Lipinski definition) is 1. The molecule has 1 unspecified atom stereocenters. The van der Waals surface area contributed by atoms with Gasteiger partial charge in [0.15, 0.2) is 0 Å². The van der Waals surface area contributed by atoms with E-state index in [4.69, 9.17) is 5.11 Å². The van der Waals surface area contributed by atoms with E-state index >= 15 is 0 Å². The first-order valence-electron chi connectivity index (χ1n) is 8.32. The molecule has 1 N–H and O–H groups in total. The molecule has 0 aromatic heterocycles. The number of nitrogens with zero attached hydrogens (tertiary/aromatic N) is 1. The molecule has 23 heavy (non-hydrogen) atoms. The zero-order valence-corrected chi connectivity index (χ0v) is 13.3. The highest BCUT2D eigenvalue weighted by Crippen LogP contribution is 2.28. The van der Waals surface area contributed by atoms with Crippen molar-refractivity contribution in [3.63, 3.8) is 0 Å². The number of hydrogen-bond acceptors (Lipinski definition) is 2. The summed E-state index contributed by atoms with van der Waals surface area (Å²) in [5.41, 5.74) is 2.91. The summed E-state index contributed by atoms with van der Waals surface area (Å²) in [6.45, 7) is 2.99. The maximum absolute atomic E-state index is 11.1. The van der Waals surface area contributed by atoms with Crippen LogP contribution >= 0.6 is 0 Å². The predicted molar refractivity (Wildman–Crippen MR) is 91.7 cm³/mol. The van der Waals surface area contributed by atoms with E-state index in [2.05, 4.69) is 35.2 Å². The molecule has 1 heterocycles. The smallest absolute Gasteiger partial charge is 0.335 e. The van der Waals surface area contributed by atoms with Gasteiger partial charge in [0.2, 0.25) is 0 Å². The average Bonchev–Trinajstić information content (AvgIpc) is 2.81. The van der Waals surface area contributed by atoms with Crippen molar-refractivity contribution in [2.45, 2.75) is 31.7 Å². The van der Waals surface area contributed by atoms with E-state index in [-0.39, 0.29) is 0 Å². The first-order valence-corrected chi connectivity index (χ1v) is 8.32. The summed E-state index contributed by atoms with van der Waals surface area (Å²) < 4.78 is 0. The molecule has 3 rings (SSSR count). The van der Waals surface area contributed by atoms with Gasteiger partial charge in [-0.3, -0.25) is 4.90 Å². The molecule has 0 amide bonds. The average molecular weight is 309 g/mol. The van der Waals surface area contributed by atoms with Crippen LogP contribution in [0.2, 0.25) is 0 Å². The fourth-order valence-corrected chi connectivity index (χ4v) is 3.43. The van der Waals surface area contributed by atoms with Gasteiger partial charge in [0.05, 0.1) is 5.56 Å². The minimum absolute atomic E-state index is 0.375. The molecule has 1 saturated heterocycles. The van der Waals surface area contributed by atoms with Crippen LogP contribution in [0.3, 0.4) is 0 Å². The lowest BCUT2D eigenvalue weighted by molar-refractivity contribution is 0.0696. The Kier molecular flexibility index (Phi) is 5.09. The third-order valence-corrected chi connectivity index (χ3v) is 4.67. The van der Waals surface area contributed by atoms with E-state index in [0.29, 0.717) is 11.5 Å². The Labute approximate surface area is 137 Å². The first kappa shape index (κ1) is 15.8. The molecule has 0 bridgehead atoms. The van der Waals surface area contributed by atoms with Crippen LogP contribution in [0.25, 0.3) is 0 Å². The maximum Gasteiger partial charge on any atom is 0.335 e. The zero-order chi connectivity index (χ0) is 16.1. The minimum Gasteiger partial charge on any atom is -0.478 e. The SMILES string of the molecule is O=C(O)c1cccc(CN2CCCC(c3ccccc3)CC2)c1. The summed E-state index contributed by atoms with van der Waals surface area (Å²) >= 11 is 0. The molecular weight excluding hydrogens is 286 g/mol. The number of carboxylic acids is 1. The standard InChI is InChI=1S/C20H23NO2/c22-20(23)19-9-4-6-16(14-19)15-21-12-5-10-18(11-13-21)17-7-2-1-3-8-17/h1-4,6-9,14,18H,5,10-13,15H2,(H,22,23). The van der Waals surface area contributed by atoms with Crippen molar-refractivity contribution in [3.05, 3.63) is 71.3 Å². The Morgan fingerprint density at radius 1 is 1.04 bits per heavy atom. The topological polar surface area (TPSA) is 40.5 Å². The highest BCUT2D eigenvalue weighted by Gasteiger charge is 2.18. The Bertz CT molecular complexity index is 654. The normalized spacial score (nSPS) is 19.2. The van der Waals surface area contributed by atoms with Gasteiger partial charge in [-0.15, -0.1) is 0 Å². The molecule has 1 atom stereocenters. The second kappa shape index (κ2) is 7.42. The van der Waals surface area contributed by atoms with Gasteiger partial charge in [0, 0.05) is 6.54 Å². The largest absolute Gasteiger partial charge is 0.478 e. The molecule has 3 heteroatoms. The molecule has 0 spiro atoms. The summed E-state index contributed by atoms with van der Waals surface area (Å²) in [6.07, 6.45) is 3.59. The Morgan fingerprint density at radius 3 is 2.65 bits per heavy atom. The van der Waals surface area contributed by atoms with Gasteiger partial charge in [-0.1, -0.05) is 42.5 Å². The fraction of sp³-hybridized carbons (Fsp3) is 0.350. The van der Waals surface area contributed by atoms with Gasteiger partial charge in [-0.2, -0.15) is 0 Å². The Morgan fingerprint density at radius 2 is 1.87 bits per heavy atom. The van der Waals surface area contributed by atoms with Crippen LogP contribution in [-0.4, -0.2) is 29.1 Å². The molecule has 2 aromatic rings. The molecule has 120 valence electrons. The van der Waals surface area contributed by atoms with E-state index in [1.807, 2.05) is 12.1 Å². The van der Waals surface area contributed by atoms with Crippen molar-refractivity contribution in [2.24, 2.45) is 0 Å². The highest BCUT2D eigenvalue weighted by atomic mass is 16.4. The van der Waals surface area contributed by atoms with Gasteiger partial charge < -0.3 is 5.11 Å². The van der Waals surface area contributed by atoms with E-state index in [0.717, 1.165) is 25.2 Å². The van der Waals surface area contributed by atoms with Crippen LogP contribution in [0.5, 0.6) is 0 Å². The van der Waals surface area contributed by atoms with Crippen LogP contribution in [0.15, 0.2) is 54.6 Å². The van der Waals surface area contributed by atoms with Gasteiger partial charge in [0.1, 0.15) is 0 Å². The highest BCUT2D eigenvalue weighted by molar-refractivity contribution is 5.87. The third-order valence-electron chi connectivity index (χ3n) is 4.67. The van der Waals surface area contributed by atoms with Crippen molar-refractivity contribution in [1.82, 2.24) is 4.90 Å². The fourth-order valence-electron chi connectivity index (χ4n) is 3.43. The second-order valence-corrected chi connectivity index (χ2v) is 6.32. The van der Waals surface area contributed by atoms with E-state index in [1.165, 1.54) is 24.8 Å². The Hall–Kier alpha value is -2.13. The molecule has 0 saturated carbocycles. The Balaban J connectivity index is 1.62. The minimum atomic E-state index is -0.855. The van der Waals surface area contributed by atoms with Gasteiger partial charge in [-0.25, -0.2) is 4.79 Å². The number of benzene rings is 2. The molecule has 1 fully saturated rings. The zero-order valence-electron chi connectivity index (χ0n) is 13.3. The lowest BCUT2D eigenvalue weighted by Crippen LogP contribution is -2.24. The molecule has 0 radical (unpaired) electrons. The molecule has 1 aliphatic heterocycles. The second-order valence-electron chi connectivity index (χ2n) is 6.32. The third kappa shape index (κ3) is 4.20. The number of rotatable bonds is 4. The number of aromatic carboxylic acids is 1. The molecule has 2 aromatic carbocycles. The summed E-state index contributed by atoms with van der Waals surface area (Å²) in [5.74, 6) is -0.210. The van der Waals surface area contributed by atoms with Crippen molar-refractivity contribution >= 4 is 5.97 Å². The van der Waals surface area contributed by atoms with E-state index in [1.54, 1.807) is 12.1 Å². The van der Waals surface area contributed by atoms with Crippen molar-refractivity contribution in [2.75, 3.05) is 13.1 Å². The molecule has 1 aliphatic rings. The van der Waals surface area contributed by atoms with Gasteiger partial charge >= 0.3 is 5.97 Å². The summed E-state index contributed by atoms with van der Waals surface area (Å²) in [7, 11) is 0. The predicted octanol–water partition coefficient (Wildman–Crippen LogP) is 4.15. The van der Waals surface area contributed by atoms with E-state index in [9.17, 15) is 4.79 Å². The maximum atomic E-state index is 11.1. The van der Waals surface area contributed by atoms with Crippen LogP contribution in [-0.2, 0) is 6.54 Å². The van der Waals surface area contributed by atoms with Crippen molar-refractivity contribution in [3.8, 4) is 0 Å². The summed E-state index contributed by atoms with van der Waals surface area (Å²) in [6, 6.07) is 18.1. The van der Waals surface area contributed by atoms with Crippen LogP contribution in [0.4, 0.5) is 0 Å². The van der Waals surface area contributed by atoms with Gasteiger partial charge in [0.25, 0.3) is 0 Å². The lowest BCUT2D eigenvalue weighted by atomic mass is 9.92. The van der Waals surface area contributed by atoms with Crippen LogP contribution in [0, 0.1) is 0 Å². The summed E-state index contributed by atoms with van der Waals surface area (Å²) in [5, 5.41) is 9.11. The van der Waals surface area contributed by atoms with Crippen LogP contribution < -0.4 is 0 Å².